The van der Waals surface area contributed by atoms with Gasteiger partial charge in [-0.2, -0.15) is 0 Å². The quantitative estimate of drug-likeness (QED) is 0.542. The molecule has 0 aliphatic rings. The van der Waals surface area contributed by atoms with Crippen LogP contribution >= 0.6 is 0 Å². The molecule has 0 saturated heterocycles. The Morgan fingerprint density at radius 3 is 2.67 bits per heavy atom. The highest BCUT2D eigenvalue weighted by Gasteiger charge is 2.05. The average molecular weight is 192 g/mol. The van der Waals surface area contributed by atoms with Gasteiger partial charge in [-0.25, -0.2) is 0 Å². The molecular weight excluding hydrogens is 176 g/mol. The summed E-state index contributed by atoms with van der Waals surface area (Å²) in [5.41, 5.74) is 5.02. The van der Waals surface area contributed by atoms with Gasteiger partial charge in [-0.1, -0.05) is 0 Å². The zero-order valence-electron chi connectivity index (χ0n) is 7.50. The maximum Gasteiger partial charge on any atom is 0.234 e. The van der Waals surface area contributed by atoms with Crippen LogP contribution in [0.2, 0.25) is 0 Å². The summed E-state index contributed by atoms with van der Waals surface area (Å²) in [5.74, 6) is 0.311. The zero-order valence-corrected chi connectivity index (χ0v) is 8.32. The Hall–Kier alpha value is -0.420. The van der Waals surface area contributed by atoms with Crippen LogP contribution in [-0.2, 0) is 15.6 Å². The van der Waals surface area contributed by atoms with Crippen LogP contribution < -0.4 is 11.1 Å². The molecule has 3 N–H and O–H groups in total. The van der Waals surface area contributed by atoms with Crippen molar-refractivity contribution in [3.8, 4) is 0 Å². The molecule has 0 aromatic carbocycles. The monoisotopic (exact) mass is 192 g/mol. The minimum Gasteiger partial charge on any atom is -0.368 e. The second-order valence-electron chi connectivity index (χ2n) is 2.71. The lowest BCUT2D eigenvalue weighted by Crippen LogP contribution is -2.39. The SMILES string of the molecule is CC(NCCCS(C)=O)C(N)=O. The number of carbonyl (C=O) groups excluding carboxylic acids is 1. The summed E-state index contributed by atoms with van der Waals surface area (Å²) in [7, 11) is -0.747. The van der Waals surface area contributed by atoms with Crippen molar-refractivity contribution in [2.24, 2.45) is 5.73 Å². The first kappa shape index (κ1) is 11.6. The number of hydrogen-bond donors (Lipinski definition) is 2. The number of primary amides is 1. The molecular formula is C7H16N2O2S. The van der Waals surface area contributed by atoms with Gasteiger partial charge in [0.25, 0.3) is 0 Å². The van der Waals surface area contributed by atoms with Crippen LogP contribution in [0.25, 0.3) is 0 Å². The molecule has 0 saturated carbocycles. The Morgan fingerprint density at radius 1 is 1.67 bits per heavy atom. The third kappa shape index (κ3) is 6.30. The first-order valence-corrected chi connectivity index (χ1v) is 5.59. The molecule has 0 heterocycles. The van der Waals surface area contributed by atoms with E-state index in [9.17, 15) is 9.00 Å². The maximum atomic E-state index is 10.6. The van der Waals surface area contributed by atoms with Gasteiger partial charge in [0, 0.05) is 22.8 Å². The average Bonchev–Trinajstić information content (AvgIpc) is 1.97. The lowest BCUT2D eigenvalue weighted by Gasteiger charge is -2.08. The van der Waals surface area contributed by atoms with Crippen molar-refractivity contribution in [3.63, 3.8) is 0 Å². The van der Waals surface area contributed by atoms with Gasteiger partial charge in [0.05, 0.1) is 6.04 Å². The molecule has 0 spiro atoms. The van der Waals surface area contributed by atoms with Crippen LogP contribution in [0.5, 0.6) is 0 Å². The fraction of sp³-hybridized carbons (Fsp3) is 0.857. The van der Waals surface area contributed by atoms with Gasteiger partial charge in [0.1, 0.15) is 0 Å². The van der Waals surface area contributed by atoms with E-state index in [0.717, 1.165) is 6.42 Å². The molecule has 0 aromatic heterocycles. The van der Waals surface area contributed by atoms with Crippen molar-refractivity contribution in [1.29, 1.82) is 0 Å². The number of carbonyl (C=O) groups is 1. The molecule has 0 bridgehead atoms. The molecule has 2 unspecified atom stereocenters. The van der Waals surface area contributed by atoms with Gasteiger partial charge in [0.15, 0.2) is 0 Å². The second kappa shape index (κ2) is 6.14. The third-order valence-corrected chi connectivity index (χ3v) is 2.35. The smallest absolute Gasteiger partial charge is 0.234 e. The topological polar surface area (TPSA) is 72.2 Å². The van der Waals surface area contributed by atoms with Crippen molar-refractivity contribution in [2.45, 2.75) is 19.4 Å². The summed E-state index contributed by atoms with van der Waals surface area (Å²) < 4.78 is 10.6. The Kier molecular flexibility index (Phi) is 5.92. The number of amides is 1. The summed E-state index contributed by atoms with van der Waals surface area (Å²) in [5, 5.41) is 2.93. The van der Waals surface area contributed by atoms with Crippen LogP contribution in [0.15, 0.2) is 0 Å². The highest BCUT2D eigenvalue weighted by atomic mass is 32.2. The predicted octanol–water partition coefficient (Wildman–Crippen LogP) is -0.782. The molecule has 0 aliphatic heterocycles. The first-order chi connectivity index (χ1) is 5.54. The fourth-order valence-electron chi connectivity index (χ4n) is 0.695. The Bertz CT molecular complexity index is 173. The van der Waals surface area contributed by atoms with E-state index < -0.39 is 10.8 Å². The van der Waals surface area contributed by atoms with E-state index in [-0.39, 0.29) is 11.9 Å². The Balaban J connectivity index is 3.31. The van der Waals surface area contributed by atoms with Crippen LogP contribution in [0.1, 0.15) is 13.3 Å². The molecule has 1 amide bonds. The summed E-state index contributed by atoms with van der Waals surface area (Å²) in [4.78, 5) is 10.5. The molecule has 5 heteroatoms. The highest BCUT2D eigenvalue weighted by Crippen LogP contribution is 1.84. The number of rotatable bonds is 6. The second-order valence-corrected chi connectivity index (χ2v) is 4.26. The van der Waals surface area contributed by atoms with E-state index in [1.807, 2.05) is 0 Å². The molecule has 2 atom stereocenters. The van der Waals surface area contributed by atoms with Gasteiger partial charge in [-0.3, -0.25) is 9.00 Å². The first-order valence-electron chi connectivity index (χ1n) is 3.86. The van der Waals surface area contributed by atoms with Gasteiger partial charge in [0.2, 0.25) is 5.91 Å². The van der Waals surface area contributed by atoms with Gasteiger partial charge in [-0.15, -0.1) is 0 Å². The summed E-state index contributed by atoms with van der Waals surface area (Å²) in [6, 6.07) is -0.296. The van der Waals surface area contributed by atoms with Crippen molar-refractivity contribution < 1.29 is 9.00 Å². The van der Waals surface area contributed by atoms with Gasteiger partial charge < -0.3 is 11.1 Å². The molecule has 4 nitrogen and oxygen atoms in total. The minimum absolute atomic E-state index is 0.296. The molecule has 0 radical (unpaired) electrons. The van der Waals surface area contributed by atoms with Crippen molar-refractivity contribution >= 4 is 16.7 Å². The summed E-state index contributed by atoms with van der Waals surface area (Å²) >= 11 is 0. The lowest BCUT2D eigenvalue weighted by molar-refractivity contribution is -0.119. The van der Waals surface area contributed by atoms with Gasteiger partial charge >= 0.3 is 0 Å². The van der Waals surface area contributed by atoms with E-state index in [2.05, 4.69) is 5.32 Å². The lowest BCUT2D eigenvalue weighted by atomic mass is 10.3. The normalized spacial score (nSPS) is 15.5. The summed E-state index contributed by atoms with van der Waals surface area (Å²) in [6.45, 7) is 2.40. The molecule has 72 valence electrons. The largest absolute Gasteiger partial charge is 0.368 e. The van der Waals surface area contributed by atoms with E-state index in [0.29, 0.717) is 12.3 Å². The van der Waals surface area contributed by atoms with Crippen molar-refractivity contribution in [1.82, 2.24) is 5.32 Å². The summed E-state index contributed by atoms with van der Waals surface area (Å²) in [6.07, 6.45) is 2.47. The molecule has 0 rings (SSSR count). The van der Waals surface area contributed by atoms with Crippen LogP contribution in [0, 0.1) is 0 Å². The highest BCUT2D eigenvalue weighted by molar-refractivity contribution is 7.84. The van der Waals surface area contributed by atoms with Crippen molar-refractivity contribution in [3.05, 3.63) is 0 Å². The zero-order chi connectivity index (χ0) is 9.56. The molecule has 12 heavy (non-hydrogen) atoms. The van der Waals surface area contributed by atoms with E-state index in [1.54, 1.807) is 13.2 Å². The number of hydrogen-bond acceptors (Lipinski definition) is 3. The fourth-order valence-corrected chi connectivity index (χ4v) is 1.25. The predicted molar refractivity (Wildman–Crippen MR) is 50.2 cm³/mol. The van der Waals surface area contributed by atoms with Crippen LogP contribution in [-0.4, -0.2) is 34.7 Å². The Labute approximate surface area is 75.4 Å². The Morgan fingerprint density at radius 2 is 2.25 bits per heavy atom. The number of nitrogens with one attached hydrogen (secondary N) is 1. The number of nitrogens with two attached hydrogens (primary N) is 1. The van der Waals surface area contributed by atoms with Crippen molar-refractivity contribution in [2.75, 3.05) is 18.6 Å². The minimum atomic E-state index is -0.747. The van der Waals surface area contributed by atoms with Gasteiger partial charge in [-0.05, 0) is 19.9 Å². The van der Waals surface area contributed by atoms with Crippen LogP contribution in [0.3, 0.4) is 0 Å². The van der Waals surface area contributed by atoms with E-state index in [1.165, 1.54) is 0 Å². The standard InChI is InChI=1S/C7H16N2O2S/c1-6(7(8)10)9-4-3-5-12(2)11/h6,9H,3-5H2,1-2H3,(H2,8,10). The van der Waals surface area contributed by atoms with E-state index >= 15 is 0 Å². The molecule has 0 aromatic rings. The van der Waals surface area contributed by atoms with E-state index in [4.69, 9.17) is 5.73 Å². The van der Waals surface area contributed by atoms with Crippen LogP contribution in [0.4, 0.5) is 0 Å². The maximum absolute atomic E-state index is 10.6. The molecule has 0 fully saturated rings. The molecule has 0 aliphatic carbocycles. The third-order valence-electron chi connectivity index (χ3n) is 1.49.